The molecule has 0 aliphatic carbocycles. The Kier molecular flexibility index (Phi) is 5.62. The summed E-state index contributed by atoms with van der Waals surface area (Å²) in [5.41, 5.74) is 2.95. The zero-order chi connectivity index (χ0) is 22.8. The summed E-state index contributed by atoms with van der Waals surface area (Å²) in [7, 11) is -3.50. The lowest BCUT2D eigenvalue weighted by molar-refractivity contribution is 0.102. The summed E-state index contributed by atoms with van der Waals surface area (Å²) in [6.07, 6.45) is 3.45. The molecule has 1 aliphatic heterocycles. The Labute approximate surface area is 192 Å². The highest BCUT2D eigenvalue weighted by atomic mass is 32.2. The van der Waals surface area contributed by atoms with E-state index in [0.29, 0.717) is 41.2 Å². The van der Waals surface area contributed by atoms with Crippen LogP contribution < -0.4 is 5.32 Å². The van der Waals surface area contributed by atoms with Gasteiger partial charge in [0.15, 0.2) is 0 Å². The van der Waals surface area contributed by atoms with E-state index in [-0.39, 0.29) is 10.8 Å². The molecule has 5 rings (SSSR count). The number of anilines is 1. The van der Waals surface area contributed by atoms with Gasteiger partial charge in [-0.3, -0.25) is 9.78 Å². The molecule has 0 unspecified atom stereocenters. The molecule has 2 aromatic carbocycles. The number of nitrogens with zero attached hydrogens (tertiary/aromatic N) is 3. The molecule has 166 valence electrons. The summed E-state index contributed by atoms with van der Waals surface area (Å²) in [6.45, 7) is 1.10. The van der Waals surface area contributed by atoms with Crippen LogP contribution in [-0.2, 0) is 10.0 Å². The van der Waals surface area contributed by atoms with Crippen molar-refractivity contribution >= 4 is 32.5 Å². The van der Waals surface area contributed by atoms with Crippen molar-refractivity contribution in [1.82, 2.24) is 14.3 Å². The first-order valence-corrected chi connectivity index (χ1v) is 12.2. The number of rotatable bonds is 5. The van der Waals surface area contributed by atoms with Crippen molar-refractivity contribution in [2.75, 3.05) is 18.4 Å². The third-order valence-electron chi connectivity index (χ3n) is 5.70. The van der Waals surface area contributed by atoms with Crippen molar-refractivity contribution < 1.29 is 13.2 Å². The van der Waals surface area contributed by atoms with Crippen molar-refractivity contribution in [2.45, 2.75) is 17.7 Å². The number of amides is 1. The van der Waals surface area contributed by atoms with Crippen LogP contribution >= 0.6 is 0 Å². The second kappa shape index (κ2) is 8.73. The fraction of sp³-hybridized carbons (Fsp3) is 0.160. The fourth-order valence-electron chi connectivity index (χ4n) is 3.99. The standard InChI is InChI=1S/C25H22N4O3S/c30-25(27-18-10-12-19(13-11-18)33(31,32)29-15-5-6-16-29)21-17-24(23-9-3-4-14-26-23)28-22-8-2-1-7-20(21)22/h1-4,7-14,17H,5-6,15-16H2,(H,27,30). The Balaban J connectivity index is 1.45. The molecule has 1 N–H and O–H groups in total. The van der Waals surface area contributed by atoms with Gasteiger partial charge in [-0.1, -0.05) is 24.3 Å². The van der Waals surface area contributed by atoms with Gasteiger partial charge in [0.1, 0.15) is 0 Å². The molecule has 3 heterocycles. The number of aromatic nitrogens is 2. The average Bonchev–Trinajstić information content (AvgIpc) is 3.40. The monoisotopic (exact) mass is 458 g/mol. The van der Waals surface area contributed by atoms with E-state index in [1.54, 1.807) is 24.4 Å². The number of pyridine rings is 2. The van der Waals surface area contributed by atoms with Gasteiger partial charge < -0.3 is 5.32 Å². The van der Waals surface area contributed by atoms with Gasteiger partial charge in [0.2, 0.25) is 10.0 Å². The quantitative estimate of drug-likeness (QED) is 0.480. The number of hydrogen-bond donors (Lipinski definition) is 1. The number of hydrogen-bond acceptors (Lipinski definition) is 5. The van der Waals surface area contributed by atoms with Gasteiger partial charge in [0.05, 0.1) is 27.4 Å². The molecule has 0 bridgehead atoms. The SMILES string of the molecule is O=C(Nc1ccc(S(=O)(=O)N2CCCC2)cc1)c1cc(-c2ccccn2)nc2ccccc12. The maximum atomic E-state index is 13.2. The Hall–Kier alpha value is -3.62. The molecule has 1 fully saturated rings. The van der Waals surface area contributed by atoms with Gasteiger partial charge in [0.25, 0.3) is 5.91 Å². The first-order chi connectivity index (χ1) is 16.0. The van der Waals surface area contributed by atoms with Crippen molar-refractivity contribution in [1.29, 1.82) is 0 Å². The minimum Gasteiger partial charge on any atom is -0.322 e. The van der Waals surface area contributed by atoms with Crippen molar-refractivity contribution in [2.24, 2.45) is 0 Å². The van der Waals surface area contributed by atoms with Crippen LogP contribution in [0.2, 0.25) is 0 Å². The van der Waals surface area contributed by atoms with Gasteiger partial charge in [-0.15, -0.1) is 0 Å². The second-order valence-electron chi connectivity index (χ2n) is 7.88. The van der Waals surface area contributed by atoms with Crippen LogP contribution in [-0.4, -0.2) is 41.7 Å². The van der Waals surface area contributed by atoms with E-state index in [4.69, 9.17) is 0 Å². The first kappa shape index (κ1) is 21.2. The van der Waals surface area contributed by atoms with E-state index in [2.05, 4.69) is 15.3 Å². The number of para-hydroxylation sites is 1. The first-order valence-electron chi connectivity index (χ1n) is 10.8. The molecular formula is C25H22N4O3S. The van der Waals surface area contributed by atoms with Crippen LogP contribution in [0.4, 0.5) is 5.69 Å². The van der Waals surface area contributed by atoms with Crippen LogP contribution in [0.5, 0.6) is 0 Å². The largest absolute Gasteiger partial charge is 0.322 e. The molecule has 1 amide bonds. The lowest BCUT2D eigenvalue weighted by atomic mass is 10.1. The van der Waals surface area contributed by atoms with Crippen molar-refractivity contribution in [3.8, 4) is 11.4 Å². The summed E-state index contributed by atoms with van der Waals surface area (Å²) in [6, 6.07) is 21.0. The fourth-order valence-corrected chi connectivity index (χ4v) is 5.51. The second-order valence-corrected chi connectivity index (χ2v) is 9.81. The molecule has 0 radical (unpaired) electrons. The molecule has 8 heteroatoms. The molecule has 0 spiro atoms. The molecule has 1 aliphatic rings. The van der Waals surface area contributed by atoms with Crippen LogP contribution in [0, 0.1) is 0 Å². The average molecular weight is 459 g/mol. The zero-order valence-electron chi connectivity index (χ0n) is 17.8. The third-order valence-corrected chi connectivity index (χ3v) is 7.62. The summed E-state index contributed by atoms with van der Waals surface area (Å²) < 4.78 is 27.0. The lowest BCUT2D eigenvalue weighted by Crippen LogP contribution is -2.27. The van der Waals surface area contributed by atoms with Gasteiger partial charge in [0, 0.05) is 30.4 Å². The van der Waals surface area contributed by atoms with E-state index in [1.165, 1.54) is 16.4 Å². The molecule has 4 aromatic rings. The molecule has 33 heavy (non-hydrogen) atoms. The van der Waals surface area contributed by atoms with E-state index >= 15 is 0 Å². The van der Waals surface area contributed by atoms with Gasteiger partial charge in [-0.2, -0.15) is 4.31 Å². The molecule has 1 saturated heterocycles. The summed E-state index contributed by atoms with van der Waals surface area (Å²) in [4.78, 5) is 22.5. The van der Waals surface area contributed by atoms with E-state index < -0.39 is 10.0 Å². The highest BCUT2D eigenvalue weighted by Crippen LogP contribution is 2.26. The topological polar surface area (TPSA) is 92.3 Å². The van der Waals surface area contributed by atoms with Crippen LogP contribution in [0.15, 0.2) is 83.9 Å². The highest BCUT2D eigenvalue weighted by molar-refractivity contribution is 7.89. The molecule has 2 aromatic heterocycles. The molecule has 0 atom stereocenters. The van der Waals surface area contributed by atoms with Crippen LogP contribution in [0.3, 0.4) is 0 Å². The predicted molar refractivity (Wildman–Crippen MR) is 127 cm³/mol. The Morgan fingerprint density at radius 2 is 1.61 bits per heavy atom. The van der Waals surface area contributed by atoms with Crippen molar-refractivity contribution in [3.63, 3.8) is 0 Å². The summed E-state index contributed by atoms with van der Waals surface area (Å²) >= 11 is 0. The van der Waals surface area contributed by atoms with Gasteiger partial charge in [-0.25, -0.2) is 13.4 Å². The van der Waals surface area contributed by atoms with E-state index in [0.717, 1.165) is 18.2 Å². The molecule has 7 nitrogen and oxygen atoms in total. The van der Waals surface area contributed by atoms with Gasteiger partial charge >= 0.3 is 0 Å². The van der Waals surface area contributed by atoms with E-state index in [1.807, 2.05) is 42.5 Å². The van der Waals surface area contributed by atoms with Crippen molar-refractivity contribution in [3.05, 3.63) is 84.6 Å². The molecule has 0 saturated carbocycles. The van der Waals surface area contributed by atoms with Gasteiger partial charge in [-0.05, 0) is 61.4 Å². The smallest absolute Gasteiger partial charge is 0.256 e. The number of carbonyl (C=O) groups is 1. The number of sulfonamides is 1. The van der Waals surface area contributed by atoms with Crippen LogP contribution in [0.25, 0.3) is 22.3 Å². The number of benzene rings is 2. The minimum absolute atomic E-state index is 0.231. The molecular weight excluding hydrogens is 436 g/mol. The summed E-state index contributed by atoms with van der Waals surface area (Å²) in [5, 5.41) is 3.61. The number of fused-ring (bicyclic) bond motifs is 1. The number of nitrogens with one attached hydrogen (secondary N) is 1. The van der Waals surface area contributed by atoms with E-state index in [9.17, 15) is 13.2 Å². The maximum Gasteiger partial charge on any atom is 0.256 e. The predicted octanol–water partition coefficient (Wildman–Crippen LogP) is 4.33. The number of carbonyl (C=O) groups excluding carboxylic acids is 1. The Morgan fingerprint density at radius 3 is 2.33 bits per heavy atom. The normalized spacial score (nSPS) is 14.4. The lowest BCUT2D eigenvalue weighted by Gasteiger charge is -2.16. The maximum absolute atomic E-state index is 13.2. The third kappa shape index (κ3) is 4.22. The minimum atomic E-state index is -3.50. The van der Waals surface area contributed by atoms with Crippen LogP contribution in [0.1, 0.15) is 23.2 Å². The Morgan fingerprint density at radius 1 is 0.879 bits per heavy atom. The summed E-state index contributed by atoms with van der Waals surface area (Å²) in [5.74, 6) is -0.305. The zero-order valence-corrected chi connectivity index (χ0v) is 18.6. The Bertz CT molecular complexity index is 1420. The highest BCUT2D eigenvalue weighted by Gasteiger charge is 2.27.